The molecule has 0 amide bonds. The molecule has 5 nitrogen and oxygen atoms in total. The molecule has 0 radical (unpaired) electrons. The standard InChI is InChI=1S/C26H31F3N2O3S/c1-20(11-12-21(2)22(3)13-14-23(4)25(5,32)26(27,28)29)19-30-15-17-31(18-16-30)35(33,34)24-9-7-6-8-10-24/h6-14,32H,1-4,15-19H2,5H3. The fraction of sp³-hybridized carbons (Fsp3) is 0.308. The maximum Gasteiger partial charge on any atom is 0.421 e. The van der Waals surface area contributed by atoms with Gasteiger partial charge in [0.25, 0.3) is 0 Å². The van der Waals surface area contributed by atoms with Gasteiger partial charge in [0, 0.05) is 32.7 Å². The number of alkyl halides is 3. The van der Waals surface area contributed by atoms with Gasteiger partial charge >= 0.3 is 6.18 Å². The zero-order valence-electron chi connectivity index (χ0n) is 19.8. The Balaban J connectivity index is 1.85. The van der Waals surface area contributed by atoms with Crippen LogP contribution >= 0.6 is 0 Å². The Hall–Kier alpha value is -2.72. The third kappa shape index (κ3) is 7.38. The molecule has 190 valence electrons. The fourth-order valence-electron chi connectivity index (χ4n) is 3.19. The number of nitrogens with zero attached hydrogens (tertiary/aromatic N) is 2. The van der Waals surface area contributed by atoms with Crippen LogP contribution in [-0.4, -0.2) is 67.2 Å². The Morgan fingerprint density at radius 3 is 1.97 bits per heavy atom. The minimum absolute atomic E-state index is 0.277. The summed E-state index contributed by atoms with van der Waals surface area (Å²) in [5, 5.41) is 9.63. The molecule has 1 N–H and O–H groups in total. The summed E-state index contributed by atoms with van der Waals surface area (Å²) in [5.74, 6) is 0. The Morgan fingerprint density at radius 1 is 0.943 bits per heavy atom. The molecule has 1 fully saturated rings. The van der Waals surface area contributed by atoms with Crippen molar-refractivity contribution in [2.45, 2.75) is 23.6 Å². The van der Waals surface area contributed by atoms with Gasteiger partial charge in [-0.1, -0.05) is 68.8 Å². The lowest BCUT2D eigenvalue weighted by atomic mass is 9.95. The van der Waals surface area contributed by atoms with Crippen LogP contribution in [0.5, 0.6) is 0 Å². The first-order valence-electron chi connectivity index (χ1n) is 10.8. The predicted octanol–water partition coefficient (Wildman–Crippen LogP) is 4.64. The summed E-state index contributed by atoms with van der Waals surface area (Å²) in [6.45, 7) is 17.9. The smallest absolute Gasteiger partial charge is 0.376 e. The van der Waals surface area contributed by atoms with Crippen LogP contribution in [-0.2, 0) is 10.0 Å². The van der Waals surface area contributed by atoms with Crippen LogP contribution < -0.4 is 0 Å². The van der Waals surface area contributed by atoms with E-state index in [9.17, 15) is 26.7 Å². The molecular weight excluding hydrogens is 477 g/mol. The van der Waals surface area contributed by atoms with Gasteiger partial charge in [0.15, 0.2) is 5.60 Å². The number of benzene rings is 1. The van der Waals surface area contributed by atoms with E-state index in [4.69, 9.17) is 0 Å². The van der Waals surface area contributed by atoms with Crippen LogP contribution in [0, 0.1) is 0 Å². The molecule has 0 aromatic heterocycles. The number of halogens is 3. The van der Waals surface area contributed by atoms with E-state index in [0.717, 1.165) is 11.6 Å². The molecule has 0 saturated carbocycles. The number of piperazine rings is 1. The van der Waals surface area contributed by atoms with Crippen molar-refractivity contribution in [3.05, 3.63) is 103 Å². The van der Waals surface area contributed by atoms with E-state index in [1.807, 2.05) is 0 Å². The normalized spacial score (nSPS) is 18.0. The first kappa shape index (κ1) is 28.5. The molecule has 0 bridgehead atoms. The Labute approximate surface area is 205 Å². The molecule has 1 unspecified atom stereocenters. The van der Waals surface area contributed by atoms with Gasteiger partial charge in [-0.3, -0.25) is 4.90 Å². The van der Waals surface area contributed by atoms with Crippen molar-refractivity contribution >= 4 is 10.0 Å². The van der Waals surface area contributed by atoms with Gasteiger partial charge < -0.3 is 5.11 Å². The van der Waals surface area contributed by atoms with Crippen LogP contribution in [0.1, 0.15) is 6.92 Å². The van der Waals surface area contributed by atoms with Crippen molar-refractivity contribution in [1.82, 2.24) is 9.21 Å². The highest BCUT2D eigenvalue weighted by molar-refractivity contribution is 7.89. The molecule has 1 aliphatic rings. The summed E-state index contributed by atoms with van der Waals surface area (Å²) in [7, 11) is -3.52. The average Bonchev–Trinajstić information content (AvgIpc) is 2.80. The summed E-state index contributed by atoms with van der Waals surface area (Å²) in [6, 6.07) is 8.32. The van der Waals surface area contributed by atoms with E-state index in [2.05, 4.69) is 31.2 Å². The molecule has 1 heterocycles. The Kier molecular flexibility index (Phi) is 9.24. The highest BCUT2D eigenvalue weighted by Crippen LogP contribution is 2.35. The molecule has 0 spiro atoms. The summed E-state index contributed by atoms with van der Waals surface area (Å²) in [4.78, 5) is 2.36. The third-order valence-electron chi connectivity index (χ3n) is 5.73. The van der Waals surface area contributed by atoms with Crippen LogP contribution in [0.3, 0.4) is 0 Å². The molecule has 0 aliphatic carbocycles. The van der Waals surface area contributed by atoms with E-state index >= 15 is 0 Å². The molecule has 1 aliphatic heterocycles. The van der Waals surface area contributed by atoms with E-state index < -0.39 is 27.4 Å². The number of rotatable bonds is 10. The van der Waals surface area contributed by atoms with Crippen LogP contribution in [0.2, 0.25) is 0 Å². The molecule has 1 saturated heterocycles. The van der Waals surface area contributed by atoms with Crippen molar-refractivity contribution < 1.29 is 26.7 Å². The Morgan fingerprint density at radius 2 is 1.46 bits per heavy atom. The highest BCUT2D eigenvalue weighted by Gasteiger charge is 2.51. The zero-order chi connectivity index (χ0) is 26.4. The SMILES string of the molecule is C=C(C=CC(=C)C(=C)C=CC(=C)C(C)(O)C(F)(F)F)CN1CCN(S(=O)(=O)c2ccccc2)CC1. The monoisotopic (exact) mass is 508 g/mol. The summed E-state index contributed by atoms with van der Waals surface area (Å²) >= 11 is 0. The maximum absolute atomic E-state index is 12.9. The first-order chi connectivity index (χ1) is 16.2. The lowest BCUT2D eigenvalue weighted by Crippen LogP contribution is -2.48. The van der Waals surface area contributed by atoms with Crippen LogP contribution in [0.4, 0.5) is 13.2 Å². The topological polar surface area (TPSA) is 60.9 Å². The van der Waals surface area contributed by atoms with Crippen LogP contribution in [0.25, 0.3) is 0 Å². The number of sulfonamides is 1. The van der Waals surface area contributed by atoms with Crippen molar-refractivity contribution in [3.8, 4) is 0 Å². The summed E-state index contributed by atoms with van der Waals surface area (Å²) < 4.78 is 65.6. The van der Waals surface area contributed by atoms with Gasteiger partial charge in [-0.05, 0) is 41.3 Å². The second kappa shape index (κ2) is 11.3. The van der Waals surface area contributed by atoms with Gasteiger partial charge in [-0.2, -0.15) is 17.5 Å². The van der Waals surface area contributed by atoms with Crippen molar-refractivity contribution in [2.75, 3.05) is 32.7 Å². The molecular formula is C26H31F3N2O3S. The van der Waals surface area contributed by atoms with Crippen molar-refractivity contribution in [2.24, 2.45) is 0 Å². The quantitative estimate of drug-likeness (QED) is 0.468. The minimum Gasteiger partial charge on any atom is -0.376 e. The predicted molar refractivity (Wildman–Crippen MR) is 133 cm³/mol. The fourth-order valence-corrected chi connectivity index (χ4v) is 4.63. The maximum atomic E-state index is 12.9. The van der Waals surface area contributed by atoms with E-state index in [-0.39, 0.29) is 4.90 Å². The first-order valence-corrected chi connectivity index (χ1v) is 12.3. The van der Waals surface area contributed by atoms with Gasteiger partial charge in [0.1, 0.15) is 0 Å². The largest absolute Gasteiger partial charge is 0.421 e. The van der Waals surface area contributed by atoms with Crippen LogP contribution in [0.15, 0.2) is 108 Å². The van der Waals surface area contributed by atoms with Gasteiger partial charge in [-0.25, -0.2) is 8.42 Å². The van der Waals surface area contributed by atoms with Crippen molar-refractivity contribution in [1.29, 1.82) is 0 Å². The molecule has 35 heavy (non-hydrogen) atoms. The lowest BCUT2D eigenvalue weighted by Gasteiger charge is -2.34. The zero-order valence-corrected chi connectivity index (χ0v) is 20.6. The summed E-state index contributed by atoms with van der Waals surface area (Å²) in [6.07, 6.45) is 0.906. The molecule has 1 atom stereocenters. The van der Waals surface area contributed by atoms with E-state index in [1.165, 1.54) is 10.4 Å². The summed E-state index contributed by atoms with van der Waals surface area (Å²) in [5.41, 5.74) is -1.99. The molecule has 2 rings (SSSR count). The Bertz CT molecular complexity index is 1130. The highest BCUT2D eigenvalue weighted by atomic mass is 32.2. The van der Waals surface area contributed by atoms with E-state index in [1.54, 1.807) is 42.5 Å². The second-order valence-electron chi connectivity index (χ2n) is 8.46. The van der Waals surface area contributed by atoms with Gasteiger partial charge in [-0.15, -0.1) is 0 Å². The molecule has 9 heteroatoms. The lowest BCUT2D eigenvalue weighted by molar-refractivity contribution is -0.235. The number of allylic oxidation sites excluding steroid dienone is 4. The average molecular weight is 509 g/mol. The van der Waals surface area contributed by atoms with Gasteiger partial charge in [0.05, 0.1) is 4.90 Å². The van der Waals surface area contributed by atoms with Gasteiger partial charge in [0.2, 0.25) is 10.0 Å². The number of aliphatic hydroxyl groups is 1. The van der Waals surface area contributed by atoms with Crippen molar-refractivity contribution in [3.63, 3.8) is 0 Å². The van der Waals surface area contributed by atoms with E-state index in [0.29, 0.717) is 50.8 Å². The second-order valence-corrected chi connectivity index (χ2v) is 10.4. The molecule has 1 aromatic rings. The molecule has 1 aromatic carbocycles. The number of hydrogen-bond donors (Lipinski definition) is 1. The minimum atomic E-state index is -4.85. The third-order valence-corrected chi connectivity index (χ3v) is 7.65. The number of hydrogen-bond acceptors (Lipinski definition) is 4.